The molecule has 18 heavy (non-hydrogen) atoms. The Kier molecular flexibility index (Phi) is 4.71. The molecule has 96 valence electrons. The lowest BCUT2D eigenvalue weighted by Crippen LogP contribution is -2.31. The third-order valence-electron chi connectivity index (χ3n) is 2.85. The van der Waals surface area contributed by atoms with Crippen LogP contribution in [0.4, 0.5) is 0 Å². The van der Waals surface area contributed by atoms with Gasteiger partial charge in [0.25, 0.3) is 0 Å². The zero-order valence-electron chi connectivity index (χ0n) is 10.3. The van der Waals surface area contributed by atoms with E-state index in [1.165, 1.54) is 13.8 Å². The highest BCUT2D eigenvalue weighted by atomic mass is 16.6. The number of benzene rings is 1. The van der Waals surface area contributed by atoms with Gasteiger partial charge in [0, 0.05) is 4.92 Å². The molecule has 0 saturated heterocycles. The Morgan fingerprint density at radius 1 is 1.17 bits per heavy atom. The molecule has 0 amide bonds. The van der Waals surface area contributed by atoms with Crippen LogP contribution in [0.25, 0.3) is 0 Å². The van der Waals surface area contributed by atoms with E-state index < -0.39 is 23.3 Å². The van der Waals surface area contributed by atoms with Crippen molar-refractivity contribution in [3.8, 4) is 0 Å². The summed E-state index contributed by atoms with van der Waals surface area (Å²) in [5, 5.41) is 10.7. The molecule has 0 N–H and O–H groups in total. The highest BCUT2D eigenvalue weighted by Crippen LogP contribution is 2.26. The fraction of sp³-hybridized carbons (Fsp3) is 0.385. The second-order valence-corrected chi connectivity index (χ2v) is 4.23. The maximum Gasteiger partial charge on any atom is 0.211 e. The molecule has 0 spiro atoms. The standard InChI is InChI=1S/C13H15NO4/c1-9(15)13(10(2)16)12(8-14(17)18)11-6-4-3-5-7-11/h3-7,12-13H,8H2,1-2H3/t12-/m1/s1. The maximum atomic E-state index is 11.5. The number of Topliss-reactive ketones (excluding diaryl/α,β-unsaturated/α-hetero) is 2. The van der Waals surface area contributed by atoms with Crippen LogP contribution in [0.1, 0.15) is 25.3 Å². The van der Waals surface area contributed by atoms with E-state index in [0.29, 0.717) is 5.56 Å². The van der Waals surface area contributed by atoms with Gasteiger partial charge in [0.1, 0.15) is 11.6 Å². The molecule has 1 aromatic rings. The van der Waals surface area contributed by atoms with E-state index in [1.807, 2.05) is 0 Å². The highest BCUT2D eigenvalue weighted by molar-refractivity contribution is 6.01. The zero-order valence-corrected chi connectivity index (χ0v) is 10.3. The van der Waals surface area contributed by atoms with Crippen molar-refractivity contribution < 1.29 is 14.5 Å². The topological polar surface area (TPSA) is 77.3 Å². The first-order chi connectivity index (χ1) is 8.43. The largest absolute Gasteiger partial charge is 0.299 e. The van der Waals surface area contributed by atoms with Crippen LogP contribution >= 0.6 is 0 Å². The van der Waals surface area contributed by atoms with Gasteiger partial charge >= 0.3 is 0 Å². The number of carbonyl (C=O) groups excluding carboxylic acids is 2. The first kappa shape index (κ1) is 14.0. The van der Waals surface area contributed by atoms with Crippen molar-refractivity contribution >= 4 is 11.6 Å². The van der Waals surface area contributed by atoms with Crippen molar-refractivity contribution in [2.45, 2.75) is 19.8 Å². The lowest BCUT2D eigenvalue weighted by Gasteiger charge is -2.20. The Labute approximate surface area is 105 Å². The number of rotatable bonds is 6. The average Bonchev–Trinajstić information content (AvgIpc) is 2.27. The fourth-order valence-electron chi connectivity index (χ4n) is 2.12. The summed E-state index contributed by atoms with van der Waals surface area (Å²) >= 11 is 0. The number of nitro groups is 1. The molecule has 5 nitrogen and oxygen atoms in total. The van der Waals surface area contributed by atoms with Gasteiger partial charge in [0.05, 0.1) is 11.8 Å². The summed E-state index contributed by atoms with van der Waals surface area (Å²) in [6, 6.07) is 8.66. The summed E-state index contributed by atoms with van der Waals surface area (Å²) in [5.74, 6) is -2.31. The molecule has 0 radical (unpaired) electrons. The minimum Gasteiger partial charge on any atom is -0.299 e. The molecule has 5 heteroatoms. The summed E-state index contributed by atoms with van der Waals surface area (Å²) in [6.45, 7) is 2.16. The second-order valence-electron chi connectivity index (χ2n) is 4.23. The van der Waals surface area contributed by atoms with Gasteiger partial charge in [-0.3, -0.25) is 19.7 Å². The predicted molar refractivity (Wildman–Crippen MR) is 65.9 cm³/mol. The number of carbonyl (C=O) groups is 2. The van der Waals surface area contributed by atoms with E-state index in [1.54, 1.807) is 30.3 Å². The van der Waals surface area contributed by atoms with E-state index >= 15 is 0 Å². The monoisotopic (exact) mass is 249 g/mol. The average molecular weight is 249 g/mol. The van der Waals surface area contributed by atoms with Crippen LogP contribution in [0.15, 0.2) is 30.3 Å². The van der Waals surface area contributed by atoms with Gasteiger partial charge in [-0.15, -0.1) is 0 Å². The summed E-state index contributed by atoms with van der Waals surface area (Å²) in [7, 11) is 0. The molecule has 0 aliphatic heterocycles. The quantitative estimate of drug-likeness (QED) is 0.438. The van der Waals surface area contributed by atoms with Crippen LogP contribution in [-0.4, -0.2) is 23.0 Å². The fourth-order valence-corrected chi connectivity index (χ4v) is 2.12. The van der Waals surface area contributed by atoms with Crippen molar-refractivity contribution in [1.82, 2.24) is 0 Å². The van der Waals surface area contributed by atoms with Gasteiger partial charge in [-0.05, 0) is 19.4 Å². The SMILES string of the molecule is CC(=O)C(C(C)=O)[C@H](C[N+](=O)[O-])c1ccccc1. The van der Waals surface area contributed by atoms with Crippen molar-refractivity contribution in [2.75, 3.05) is 6.54 Å². The molecule has 0 aliphatic rings. The normalized spacial score (nSPS) is 12.2. The van der Waals surface area contributed by atoms with Crippen molar-refractivity contribution in [2.24, 2.45) is 5.92 Å². The summed E-state index contributed by atoms with van der Waals surface area (Å²) in [4.78, 5) is 33.3. The van der Waals surface area contributed by atoms with E-state index in [4.69, 9.17) is 0 Å². The zero-order chi connectivity index (χ0) is 13.7. The molecule has 1 atom stereocenters. The van der Waals surface area contributed by atoms with Crippen LogP contribution < -0.4 is 0 Å². The van der Waals surface area contributed by atoms with E-state index in [9.17, 15) is 19.7 Å². The second kappa shape index (κ2) is 6.05. The third kappa shape index (κ3) is 3.48. The van der Waals surface area contributed by atoms with Crippen molar-refractivity contribution in [1.29, 1.82) is 0 Å². The van der Waals surface area contributed by atoms with E-state index in [-0.39, 0.29) is 11.6 Å². The molecule has 0 saturated carbocycles. The first-order valence-corrected chi connectivity index (χ1v) is 5.61. The van der Waals surface area contributed by atoms with E-state index in [0.717, 1.165) is 0 Å². The van der Waals surface area contributed by atoms with E-state index in [2.05, 4.69) is 0 Å². The summed E-state index contributed by atoms with van der Waals surface area (Å²) < 4.78 is 0. The third-order valence-corrected chi connectivity index (χ3v) is 2.85. The van der Waals surface area contributed by atoms with Gasteiger partial charge < -0.3 is 0 Å². The number of hydrogen-bond donors (Lipinski definition) is 0. The number of hydrogen-bond acceptors (Lipinski definition) is 4. The Morgan fingerprint density at radius 3 is 2.06 bits per heavy atom. The molecular weight excluding hydrogens is 234 g/mol. The molecule has 1 rings (SSSR count). The Morgan fingerprint density at radius 2 is 1.67 bits per heavy atom. The summed E-state index contributed by atoms with van der Waals surface area (Å²) in [5.41, 5.74) is 0.643. The highest BCUT2D eigenvalue weighted by Gasteiger charge is 2.34. The number of nitrogens with zero attached hydrogens (tertiary/aromatic N) is 1. The summed E-state index contributed by atoms with van der Waals surface area (Å²) in [6.07, 6.45) is 0. The van der Waals surface area contributed by atoms with Crippen LogP contribution in [0, 0.1) is 16.0 Å². The molecule has 0 aliphatic carbocycles. The van der Waals surface area contributed by atoms with Crippen molar-refractivity contribution in [3.63, 3.8) is 0 Å². The lowest BCUT2D eigenvalue weighted by atomic mass is 9.81. The van der Waals surface area contributed by atoms with Crippen LogP contribution in [0.3, 0.4) is 0 Å². The smallest absolute Gasteiger partial charge is 0.211 e. The molecule has 0 bridgehead atoms. The molecule has 0 aromatic heterocycles. The molecule has 1 aromatic carbocycles. The van der Waals surface area contributed by atoms with Crippen LogP contribution in [0.5, 0.6) is 0 Å². The Balaban J connectivity index is 3.15. The molecule has 0 unspecified atom stereocenters. The lowest BCUT2D eigenvalue weighted by molar-refractivity contribution is -0.484. The minimum atomic E-state index is -0.946. The van der Waals surface area contributed by atoms with Gasteiger partial charge in [-0.2, -0.15) is 0 Å². The van der Waals surface area contributed by atoms with Gasteiger partial charge in [-0.25, -0.2) is 0 Å². The van der Waals surface area contributed by atoms with Gasteiger partial charge in [0.2, 0.25) is 6.54 Å². The van der Waals surface area contributed by atoms with Gasteiger partial charge in [-0.1, -0.05) is 30.3 Å². The Bertz CT molecular complexity index is 441. The molecule has 0 heterocycles. The van der Waals surface area contributed by atoms with Crippen molar-refractivity contribution in [3.05, 3.63) is 46.0 Å². The minimum absolute atomic E-state index is 0.335. The molecule has 0 fully saturated rings. The molecular formula is C13H15NO4. The maximum absolute atomic E-state index is 11.5. The van der Waals surface area contributed by atoms with Gasteiger partial charge in [0.15, 0.2) is 0 Å². The Hall–Kier alpha value is -2.04. The van der Waals surface area contributed by atoms with Crippen LogP contribution in [0.2, 0.25) is 0 Å². The van der Waals surface area contributed by atoms with Crippen LogP contribution in [-0.2, 0) is 9.59 Å². The predicted octanol–water partition coefficient (Wildman–Crippen LogP) is 1.84. The number of ketones is 2. The first-order valence-electron chi connectivity index (χ1n) is 5.61.